The average Bonchev–Trinajstić information content (AvgIpc) is 3.94. The number of benzene rings is 14. The van der Waals surface area contributed by atoms with Crippen LogP contribution in [0.15, 0.2) is 279 Å². The summed E-state index contributed by atoms with van der Waals surface area (Å²) in [5.41, 5.74) is 19.0. The van der Waals surface area contributed by atoms with E-state index >= 15 is 0 Å². The van der Waals surface area contributed by atoms with Crippen molar-refractivity contribution in [3.63, 3.8) is 0 Å². The van der Waals surface area contributed by atoms with E-state index in [1.54, 1.807) is 0 Å². The topological polar surface area (TPSA) is 14.7 Å². The van der Waals surface area contributed by atoms with Crippen molar-refractivity contribution in [1.29, 1.82) is 0 Å². The Labute approximate surface area is 464 Å². The third kappa shape index (κ3) is 6.82. The zero-order valence-electron chi connectivity index (χ0n) is 44.3. The molecule has 0 fully saturated rings. The highest BCUT2D eigenvalue weighted by Crippen LogP contribution is 2.55. The Balaban J connectivity index is 0.874. The highest BCUT2D eigenvalue weighted by molar-refractivity contribution is 6.29. The van der Waals surface area contributed by atoms with Crippen LogP contribution in [0.1, 0.15) is 0 Å². The lowest BCUT2D eigenvalue weighted by atomic mass is 9.86. The van der Waals surface area contributed by atoms with Crippen LogP contribution in [0.3, 0.4) is 0 Å². The standard InChI is InChI=1S/C76H52N4/c1-77-67-41-23-40-65-73-64-45-43-50(72-58-34-17-21-38-62(58)76(63-39-22-18-35-59(63)72)80(53-28-11-5-12-29-53)54-30-13-6-14-31-54)47-69(64)78(2)70(73)48-66(74(65)67)55-44-42-49(46-68(55)77)71-56-32-15-19-36-60(56)75(61-37-20-16-33-57(61)71)79(51-24-7-3-8-25-51)52-26-9-4-10-27-52/h3-48H,1-2H3. The first kappa shape index (κ1) is 45.7. The molecule has 0 spiro atoms. The molecule has 0 atom stereocenters. The van der Waals surface area contributed by atoms with Crippen LogP contribution in [-0.4, -0.2) is 11.6 Å². The number of hydrogen-bond acceptors (Lipinski definition) is 3. The Bertz CT molecular complexity index is 4780. The highest BCUT2D eigenvalue weighted by Gasteiger charge is 2.29. The minimum absolute atomic E-state index is 1.12. The molecule has 376 valence electrons. The largest absolute Gasteiger partial charge is 0.344 e. The molecule has 15 aromatic rings. The molecule has 0 saturated carbocycles. The molecule has 0 unspecified atom stereocenters. The van der Waals surface area contributed by atoms with Gasteiger partial charge in [-0.2, -0.15) is 0 Å². The number of aryl methyl sites for hydroxylation is 1. The normalized spacial score (nSPS) is 12.1. The Hall–Kier alpha value is -10.4. The van der Waals surface area contributed by atoms with Gasteiger partial charge in [0.15, 0.2) is 0 Å². The van der Waals surface area contributed by atoms with E-state index in [1.165, 1.54) is 132 Å². The fourth-order valence-electron chi connectivity index (χ4n) is 13.6. The summed E-state index contributed by atoms with van der Waals surface area (Å²) in [6.07, 6.45) is 0. The van der Waals surface area contributed by atoms with Crippen molar-refractivity contribution < 1.29 is 0 Å². The van der Waals surface area contributed by atoms with Crippen LogP contribution in [0.5, 0.6) is 0 Å². The summed E-state index contributed by atoms with van der Waals surface area (Å²) in [7, 11) is 4.50. The van der Waals surface area contributed by atoms with E-state index in [0.29, 0.717) is 0 Å². The average molecular weight is 1020 g/mol. The lowest BCUT2D eigenvalue weighted by Crippen LogP contribution is -2.15. The molecule has 4 nitrogen and oxygen atoms in total. The van der Waals surface area contributed by atoms with Gasteiger partial charge in [0.1, 0.15) is 0 Å². The second-order valence-corrected chi connectivity index (χ2v) is 21.2. The van der Waals surface area contributed by atoms with Gasteiger partial charge in [0.25, 0.3) is 0 Å². The van der Waals surface area contributed by atoms with Crippen molar-refractivity contribution in [3.8, 4) is 33.4 Å². The minimum Gasteiger partial charge on any atom is -0.344 e. The number of nitrogens with zero attached hydrogens (tertiary/aromatic N) is 4. The van der Waals surface area contributed by atoms with Crippen LogP contribution in [-0.2, 0) is 7.05 Å². The molecular weight excluding hydrogens is 969 g/mol. The molecule has 1 aliphatic heterocycles. The van der Waals surface area contributed by atoms with E-state index in [9.17, 15) is 0 Å². The molecule has 14 aromatic carbocycles. The Kier molecular flexibility index (Phi) is 10.3. The van der Waals surface area contributed by atoms with Gasteiger partial charge in [0, 0.05) is 97.0 Å². The predicted octanol–water partition coefficient (Wildman–Crippen LogP) is 21.1. The zero-order chi connectivity index (χ0) is 53.0. The lowest BCUT2D eigenvalue weighted by Gasteiger charge is -2.32. The molecule has 1 aliphatic rings. The van der Waals surface area contributed by atoms with Crippen LogP contribution in [0.2, 0.25) is 0 Å². The molecule has 0 bridgehead atoms. The summed E-state index contributed by atoms with van der Waals surface area (Å²) < 4.78 is 2.43. The third-order valence-corrected chi connectivity index (χ3v) is 17.0. The Morgan fingerprint density at radius 1 is 0.263 bits per heavy atom. The van der Waals surface area contributed by atoms with Crippen LogP contribution in [0.25, 0.3) is 109 Å². The Morgan fingerprint density at radius 2 is 0.650 bits per heavy atom. The molecule has 0 saturated heterocycles. The van der Waals surface area contributed by atoms with Gasteiger partial charge >= 0.3 is 0 Å². The summed E-state index contributed by atoms with van der Waals surface area (Å²) >= 11 is 0. The molecule has 0 aliphatic carbocycles. The maximum atomic E-state index is 2.47. The van der Waals surface area contributed by atoms with Gasteiger partial charge in [-0.3, -0.25) is 0 Å². The second-order valence-electron chi connectivity index (χ2n) is 21.2. The summed E-state index contributed by atoms with van der Waals surface area (Å²) in [5, 5.41) is 14.8. The molecule has 2 heterocycles. The molecule has 80 heavy (non-hydrogen) atoms. The van der Waals surface area contributed by atoms with Gasteiger partial charge < -0.3 is 19.3 Å². The predicted molar refractivity (Wildman–Crippen MR) is 342 cm³/mol. The van der Waals surface area contributed by atoms with E-state index in [4.69, 9.17) is 0 Å². The van der Waals surface area contributed by atoms with Gasteiger partial charge in [-0.05, 0) is 128 Å². The molecule has 1 aromatic heterocycles. The van der Waals surface area contributed by atoms with Gasteiger partial charge in [-0.25, -0.2) is 0 Å². The molecular formula is C76H52N4. The van der Waals surface area contributed by atoms with E-state index in [-0.39, 0.29) is 0 Å². The fourth-order valence-corrected chi connectivity index (χ4v) is 13.6. The van der Waals surface area contributed by atoms with E-state index in [2.05, 4.69) is 312 Å². The number of fused-ring (bicyclic) bond motifs is 10. The van der Waals surface area contributed by atoms with Crippen LogP contribution < -0.4 is 14.7 Å². The number of anilines is 8. The number of aromatic nitrogens is 1. The minimum atomic E-state index is 1.12. The van der Waals surface area contributed by atoms with Crippen molar-refractivity contribution in [2.45, 2.75) is 0 Å². The third-order valence-electron chi connectivity index (χ3n) is 17.0. The lowest BCUT2D eigenvalue weighted by molar-refractivity contribution is 1.01. The smallest absolute Gasteiger partial charge is 0.0618 e. The number of para-hydroxylation sites is 4. The van der Waals surface area contributed by atoms with Crippen molar-refractivity contribution >= 4 is 121 Å². The highest BCUT2D eigenvalue weighted by atomic mass is 15.2. The van der Waals surface area contributed by atoms with Crippen molar-refractivity contribution in [1.82, 2.24) is 4.57 Å². The number of hydrogen-bond donors (Lipinski definition) is 0. The summed E-state index contributed by atoms with van der Waals surface area (Å²) in [4.78, 5) is 7.27. The van der Waals surface area contributed by atoms with Crippen molar-refractivity contribution in [3.05, 3.63) is 279 Å². The molecule has 0 amide bonds. The maximum absolute atomic E-state index is 2.47. The molecule has 0 radical (unpaired) electrons. The van der Waals surface area contributed by atoms with Gasteiger partial charge in [0.2, 0.25) is 0 Å². The first-order chi connectivity index (χ1) is 39.6. The summed E-state index contributed by atoms with van der Waals surface area (Å²) in [6, 6.07) is 103. The van der Waals surface area contributed by atoms with Crippen LogP contribution >= 0.6 is 0 Å². The van der Waals surface area contributed by atoms with Crippen LogP contribution in [0, 0.1) is 0 Å². The SMILES string of the molecule is CN1c2cc(-c3c4ccccc4c(N(c4ccccc4)c4ccccc4)c4ccccc34)ccc2-c2cc3c(c4cccc1c24)c1ccc(-c2c4ccccc4c(N(c4ccccc4)c4ccccc4)c4ccccc24)cc1n3C. The number of rotatable bonds is 8. The van der Waals surface area contributed by atoms with Gasteiger partial charge in [-0.15, -0.1) is 0 Å². The second kappa shape index (κ2) is 18.1. The summed E-state index contributed by atoms with van der Waals surface area (Å²) in [5.74, 6) is 0. The van der Waals surface area contributed by atoms with Crippen LogP contribution in [0.4, 0.5) is 45.5 Å². The van der Waals surface area contributed by atoms with Gasteiger partial charge in [-0.1, -0.05) is 206 Å². The van der Waals surface area contributed by atoms with Crippen molar-refractivity contribution in [2.75, 3.05) is 21.7 Å². The zero-order valence-corrected chi connectivity index (χ0v) is 44.3. The first-order valence-corrected chi connectivity index (χ1v) is 27.6. The first-order valence-electron chi connectivity index (χ1n) is 27.6. The maximum Gasteiger partial charge on any atom is 0.0618 e. The van der Waals surface area contributed by atoms with Crippen molar-refractivity contribution in [2.24, 2.45) is 7.05 Å². The quantitative estimate of drug-likeness (QED) is 0.141. The summed E-state index contributed by atoms with van der Waals surface area (Å²) in [6.45, 7) is 0. The molecule has 4 heteroatoms. The monoisotopic (exact) mass is 1020 g/mol. The Morgan fingerprint density at radius 3 is 1.10 bits per heavy atom. The van der Waals surface area contributed by atoms with E-state index in [1.807, 2.05) is 0 Å². The van der Waals surface area contributed by atoms with E-state index < -0.39 is 0 Å². The van der Waals surface area contributed by atoms with Gasteiger partial charge in [0.05, 0.1) is 16.9 Å². The fraction of sp³-hybridized carbons (Fsp3) is 0.0263. The van der Waals surface area contributed by atoms with E-state index in [0.717, 1.165) is 22.7 Å². The molecule has 0 N–H and O–H groups in total. The molecule has 16 rings (SSSR count).